The van der Waals surface area contributed by atoms with Crippen molar-refractivity contribution in [3.05, 3.63) is 182 Å². The number of hydrogen-bond acceptors (Lipinski definition) is 7. The molecular formula is C48H38Cl2N4O7. The third-order valence-corrected chi connectivity index (χ3v) is 11.1. The second-order valence-electron chi connectivity index (χ2n) is 14.3. The first kappa shape index (κ1) is 42.0. The van der Waals surface area contributed by atoms with Crippen molar-refractivity contribution in [2.45, 2.75) is 38.1 Å². The SMILES string of the molecule is N#Cc1ccc(-c2ccc(CCNC(=O)C3Cc4cc5c(cc4CN3C(=O)c3ccccc3)OC(c3ccc(OCc4ccc(Cl)c(Cl)c4)cc3)C(=O)N5)cc2)cc1.O=CO. The zero-order chi connectivity index (χ0) is 42.9. The lowest BCUT2D eigenvalue weighted by Gasteiger charge is -2.37. The highest BCUT2D eigenvalue weighted by molar-refractivity contribution is 6.42. The summed E-state index contributed by atoms with van der Waals surface area (Å²) in [5, 5.41) is 23.0. The van der Waals surface area contributed by atoms with Gasteiger partial charge in [-0.05, 0) is 100 Å². The van der Waals surface area contributed by atoms with Crippen molar-refractivity contribution in [1.82, 2.24) is 10.2 Å². The third-order valence-electron chi connectivity index (χ3n) is 10.3. The molecule has 61 heavy (non-hydrogen) atoms. The summed E-state index contributed by atoms with van der Waals surface area (Å²) < 4.78 is 12.2. The number of carbonyl (C=O) groups excluding carboxylic acids is 3. The van der Waals surface area contributed by atoms with Crippen molar-refractivity contribution in [1.29, 1.82) is 5.26 Å². The van der Waals surface area contributed by atoms with E-state index in [-0.39, 0.29) is 37.2 Å². The van der Waals surface area contributed by atoms with Crippen molar-refractivity contribution in [3.63, 3.8) is 0 Å². The van der Waals surface area contributed by atoms with Crippen LogP contribution in [0.2, 0.25) is 10.0 Å². The first-order valence-electron chi connectivity index (χ1n) is 19.2. The van der Waals surface area contributed by atoms with Gasteiger partial charge in [-0.15, -0.1) is 0 Å². The fourth-order valence-electron chi connectivity index (χ4n) is 7.19. The molecule has 2 aliphatic heterocycles. The largest absolute Gasteiger partial charge is 0.489 e. The van der Waals surface area contributed by atoms with Gasteiger partial charge in [0.2, 0.25) is 12.0 Å². The molecule has 0 aromatic heterocycles. The number of ether oxygens (including phenoxy) is 2. The number of hydrogen-bond donors (Lipinski definition) is 3. The van der Waals surface area contributed by atoms with E-state index in [1.807, 2.05) is 60.7 Å². The Labute approximate surface area is 362 Å². The number of carbonyl (C=O) groups is 4. The molecule has 11 nitrogen and oxygen atoms in total. The number of amides is 3. The van der Waals surface area contributed by atoms with Crippen molar-refractivity contribution in [2.75, 3.05) is 11.9 Å². The van der Waals surface area contributed by atoms with E-state index in [1.165, 1.54) is 0 Å². The normalized spacial score (nSPS) is 15.0. The number of carboxylic acid groups (broad SMARTS) is 1. The molecule has 0 saturated heterocycles. The molecule has 6 aromatic carbocycles. The number of nitriles is 1. The van der Waals surface area contributed by atoms with Gasteiger partial charge in [0.1, 0.15) is 24.1 Å². The molecule has 3 N–H and O–H groups in total. The highest BCUT2D eigenvalue weighted by atomic mass is 35.5. The molecule has 8 rings (SSSR count). The molecule has 13 heteroatoms. The zero-order valence-electron chi connectivity index (χ0n) is 32.5. The van der Waals surface area contributed by atoms with Crippen molar-refractivity contribution in [3.8, 4) is 28.7 Å². The minimum atomic E-state index is -0.911. The summed E-state index contributed by atoms with van der Waals surface area (Å²) >= 11 is 12.2. The van der Waals surface area contributed by atoms with Gasteiger partial charge < -0.3 is 30.1 Å². The molecule has 2 atom stereocenters. The maximum atomic E-state index is 14.0. The number of nitrogens with one attached hydrogen (secondary N) is 2. The number of nitrogens with zero attached hydrogens (tertiary/aromatic N) is 2. The lowest BCUT2D eigenvalue weighted by Crippen LogP contribution is -2.52. The Morgan fingerprint density at radius 1 is 0.869 bits per heavy atom. The van der Waals surface area contributed by atoms with Gasteiger partial charge in [0.15, 0.2) is 0 Å². The summed E-state index contributed by atoms with van der Waals surface area (Å²) in [6.45, 7) is 0.600. The van der Waals surface area contributed by atoms with Crippen LogP contribution in [0.5, 0.6) is 11.5 Å². The molecule has 0 bridgehead atoms. The number of fused-ring (bicyclic) bond motifs is 2. The van der Waals surface area contributed by atoms with E-state index < -0.39 is 12.1 Å². The van der Waals surface area contributed by atoms with Crippen LogP contribution in [-0.4, -0.2) is 46.8 Å². The first-order chi connectivity index (χ1) is 29.6. The minimum absolute atomic E-state index is 0.179. The maximum Gasteiger partial charge on any atom is 0.290 e. The predicted octanol–water partition coefficient (Wildman–Crippen LogP) is 8.81. The van der Waals surface area contributed by atoms with E-state index in [0.717, 1.165) is 33.4 Å². The summed E-state index contributed by atoms with van der Waals surface area (Å²) in [7, 11) is 0. The fourth-order valence-corrected chi connectivity index (χ4v) is 7.51. The van der Waals surface area contributed by atoms with Gasteiger partial charge in [0.25, 0.3) is 18.3 Å². The standard InChI is InChI=1S/C47H36Cl2N4O5.CH2O2/c48-39-19-10-31(22-40(39)49)28-57-38-17-15-34(16-18-38)44-46(55)52-41-23-36-24-42(53(27-37(36)25-43(41)58-44)47(56)35-4-2-1-3-5-35)45(54)51-21-20-29-6-11-32(12-7-29)33-13-8-30(26-50)9-14-33;2-1-3/h1-19,22-23,25,42,44H,20-21,24,27-28H2,(H,51,54)(H,52,55);1H,(H,2,3). The lowest BCUT2D eigenvalue weighted by atomic mass is 9.91. The third kappa shape index (κ3) is 10.0. The molecule has 2 unspecified atom stereocenters. The number of rotatable bonds is 10. The summed E-state index contributed by atoms with van der Waals surface area (Å²) in [6.07, 6.45) is -0.0528. The smallest absolute Gasteiger partial charge is 0.290 e. The van der Waals surface area contributed by atoms with Crippen LogP contribution in [0.4, 0.5) is 5.69 Å². The van der Waals surface area contributed by atoms with E-state index in [9.17, 15) is 14.4 Å². The molecule has 0 aliphatic carbocycles. The minimum Gasteiger partial charge on any atom is -0.489 e. The van der Waals surface area contributed by atoms with Crippen molar-refractivity contribution < 1.29 is 33.8 Å². The highest BCUT2D eigenvalue weighted by Gasteiger charge is 2.37. The average molecular weight is 854 g/mol. The Balaban J connectivity index is 0.00000182. The molecule has 3 amide bonds. The molecule has 0 saturated carbocycles. The van der Waals surface area contributed by atoms with Gasteiger partial charge >= 0.3 is 0 Å². The number of anilines is 1. The molecule has 2 aliphatic rings. The van der Waals surface area contributed by atoms with Crippen molar-refractivity contribution >= 4 is 53.1 Å². The fraction of sp³-hybridized carbons (Fsp3) is 0.146. The second-order valence-corrected chi connectivity index (χ2v) is 15.1. The zero-order valence-corrected chi connectivity index (χ0v) is 34.0. The molecule has 306 valence electrons. The first-order valence-corrected chi connectivity index (χ1v) is 20.0. The Bertz CT molecular complexity index is 2600. The average Bonchev–Trinajstić information content (AvgIpc) is 3.29. The van der Waals surface area contributed by atoms with Crippen LogP contribution in [0, 0.1) is 11.3 Å². The molecule has 2 heterocycles. The van der Waals surface area contributed by atoms with E-state index >= 15 is 0 Å². The van der Waals surface area contributed by atoms with E-state index in [0.29, 0.717) is 63.5 Å². The van der Waals surface area contributed by atoms with E-state index in [2.05, 4.69) is 16.7 Å². The summed E-state index contributed by atoms with van der Waals surface area (Å²) in [5.41, 5.74) is 7.88. The predicted molar refractivity (Wildman–Crippen MR) is 231 cm³/mol. The highest BCUT2D eigenvalue weighted by Crippen LogP contribution is 2.40. The molecule has 0 fully saturated rings. The molecule has 6 aromatic rings. The van der Waals surface area contributed by atoms with Gasteiger partial charge in [0.05, 0.1) is 27.4 Å². The second kappa shape index (κ2) is 19.3. The molecular weight excluding hydrogens is 815 g/mol. The lowest BCUT2D eigenvalue weighted by molar-refractivity contribution is -0.126. The Hall–Kier alpha value is -7.13. The van der Waals surface area contributed by atoms with Crippen LogP contribution in [0.1, 0.15) is 49.8 Å². The molecule has 0 radical (unpaired) electrons. The van der Waals surface area contributed by atoms with Crippen LogP contribution in [0.3, 0.4) is 0 Å². The topological polar surface area (TPSA) is 158 Å². The van der Waals surface area contributed by atoms with Gasteiger partial charge in [0, 0.05) is 30.6 Å². The number of halogens is 2. The van der Waals surface area contributed by atoms with Gasteiger partial charge in [-0.25, -0.2) is 0 Å². The van der Waals surface area contributed by atoms with Crippen LogP contribution >= 0.6 is 23.2 Å². The van der Waals surface area contributed by atoms with Gasteiger partial charge in [-0.3, -0.25) is 19.2 Å². The van der Waals surface area contributed by atoms with E-state index in [1.54, 1.807) is 77.7 Å². The van der Waals surface area contributed by atoms with Crippen LogP contribution in [0.15, 0.2) is 133 Å². The summed E-state index contributed by atoms with van der Waals surface area (Å²) in [6, 6.07) is 42.0. The quantitative estimate of drug-likeness (QED) is 0.115. The monoisotopic (exact) mass is 852 g/mol. The Morgan fingerprint density at radius 3 is 2.21 bits per heavy atom. The Morgan fingerprint density at radius 2 is 1.54 bits per heavy atom. The van der Waals surface area contributed by atoms with Crippen LogP contribution < -0.4 is 20.1 Å². The number of benzene rings is 6. The van der Waals surface area contributed by atoms with E-state index in [4.69, 9.17) is 47.8 Å². The maximum absolute atomic E-state index is 14.0. The molecule has 0 spiro atoms. The summed E-state index contributed by atoms with van der Waals surface area (Å²) in [5.74, 6) is 0.246. The van der Waals surface area contributed by atoms with Gasteiger partial charge in [-0.1, -0.05) is 96.0 Å². The van der Waals surface area contributed by atoms with Crippen LogP contribution in [0.25, 0.3) is 11.1 Å². The van der Waals surface area contributed by atoms with Crippen LogP contribution in [-0.2, 0) is 40.4 Å². The Kier molecular flexibility index (Phi) is 13.3. The van der Waals surface area contributed by atoms with Crippen molar-refractivity contribution in [2.24, 2.45) is 0 Å². The summed E-state index contributed by atoms with van der Waals surface area (Å²) in [4.78, 5) is 51.2. The van der Waals surface area contributed by atoms with Gasteiger partial charge in [-0.2, -0.15) is 5.26 Å².